The number of hydrogen-bond donors (Lipinski definition) is 2. The Hall–Kier alpha value is -1.61. The van der Waals surface area contributed by atoms with Gasteiger partial charge in [0.1, 0.15) is 5.54 Å². The summed E-state index contributed by atoms with van der Waals surface area (Å²) in [4.78, 5) is 26.4. The van der Waals surface area contributed by atoms with Gasteiger partial charge in [-0.3, -0.25) is 9.59 Å². The normalized spacial score (nSPS) is 29.8. The van der Waals surface area contributed by atoms with Crippen LogP contribution in [0.4, 0.5) is 0 Å². The van der Waals surface area contributed by atoms with E-state index in [1.807, 2.05) is 4.90 Å². The Balaban J connectivity index is 2.18. The van der Waals surface area contributed by atoms with Crippen molar-refractivity contribution in [2.45, 2.75) is 70.9 Å². The first-order valence-corrected chi connectivity index (χ1v) is 9.30. The highest BCUT2D eigenvalue weighted by molar-refractivity contribution is 5.88. The third-order valence-electron chi connectivity index (χ3n) is 5.84. The fraction of sp³-hybridized carbons (Fsp3) is 0.789. The highest BCUT2D eigenvalue weighted by atomic mass is 16.2. The van der Waals surface area contributed by atoms with Crippen LogP contribution in [0, 0.1) is 29.1 Å². The van der Waals surface area contributed by atoms with E-state index in [2.05, 4.69) is 18.3 Å². The lowest BCUT2D eigenvalue weighted by atomic mass is 9.82. The summed E-state index contributed by atoms with van der Waals surface area (Å²) in [5.41, 5.74) is 3.87. The zero-order valence-corrected chi connectivity index (χ0v) is 15.7. The third kappa shape index (κ3) is 4.33. The van der Waals surface area contributed by atoms with Crippen molar-refractivity contribution in [1.82, 2.24) is 10.2 Å². The summed E-state index contributed by atoms with van der Waals surface area (Å²) < 4.78 is 0. The molecule has 2 rings (SSSR count). The molecule has 0 aromatic heterocycles. The van der Waals surface area contributed by atoms with E-state index in [9.17, 15) is 14.9 Å². The van der Waals surface area contributed by atoms with Gasteiger partial charge in [-0.1, -0.05) is 20.8 Å². The van der Waals surface area contributed by atoms with E-state index in [4.69, 9.17) is 5.73 Å². The van der Waals surface area contributed by atoms with Gasteiger partial charge in [-0.15, -0.1) is 0 Å². The van der Waals surface area contributed by atoms with Crippen molar-refractivity contribution < 1.29 is 9.59 Å². The third-order valence-corrected chi connectivity index (χ3v) is 5.84. The fourth-order valence-electron chi connectivity index (χ4n) is 3.82. The molecule has 1 radical (unpaired) electrons. The molecule has 1 aliphatic heterocycles. The summed E-state index contributed by atoms with van der Waals surface area (Å²) in [5.74, 6) is 0.108. The molecule has 6 heteroatoms. The van der Waals surface area contributed by atoms with Gasteiger partial charge in [0.2, 0.25) is 11.8 Å². The second-order valence-corrected chi connectivity index (χ2v) is 8.35. The summed E-state index contributed by atoms with van der Waals surface area (Å²) in [5, 5.41) is 13.1. The van der Waals surface area contributed by atoms with Crippen molar-refractivity contribution in [3.63, 3.8) is 0 Å². The number of carbonyl (C=O) groups excluding carboxylic acids is 2. The number of nitrogens with zero attached hydrogens (tertiary/aromatic N) is 2. The molecule has 3 N–H and O–H groups in total. The molecule has 1 heterocycles. The van der Waals surface area contributed by atoms with Gasteiger partial charge in [0.25, 0.3) is 0 Å². The van der Waals surface area contributed by atoms with Gasteiger partial charge in [-0.05, 0) is 51.0 Å². The Morgan fingerprint density at radius 1 is 1.36 bits per heavy atom. The van der Waals surface area contributed by atoms with E-state index in [1.165, 1.54) is 0 Å². The minimum Gasteiger partial charge on any atom is -0.369 e. The topological polar surface area (TPSA) is 99.2 Å². The quantitative estimate of drug-likeness (QED) is 0.764. The molecule has 0 bridgehead atoms. The summed E-state index contributed by atoms with van der Waals surface area (Å²) in [6, 6.07) is 2.51. The molecule has 2 amide bonds. The van der Waals surface area contributed by atoms with Crippen LogP contribution >= 0.6 is 0 Å². The van der Waals surface area contributed by atoms with Crippen LogP contribution < -0.4 is 11.1 Å². The van der Waals surface area contributed by atoms with Crippen LogP contribution in [0.3, 0.4) is 0 Å². The van der Waals surface area contributed by atoms with Crippen molar-refractivity contribution in [2.75, 3.05) is 13.1 Å². The van der Waals surface area contributed by atoms with E-state index < -0.39 is 16.9 Å². The Bertz CT molecular complexity index is 538. The minimum atomic E-state index is -0.782. The van der Waals surface area contributed by atoms with Crippen LogP contribution in [-0.2, 0) is 9.59 Å². The molecule has 1 unspecified atom stereocenters. The average Bonchev–Trinajstić information content (AvgIpc) is 3.05. The number of nitriles is 1. The fourth-order valence-corrected chi connectivity index (χ4v) is 3.82. The van der Waals surface area contributed by atoms with Crippen LogP contribution in [0.1, 0.15) is 59.3 Å². The first kappa shape index (κ1) is 19.7. The van der Waals surface area contributed by atoms with Crippen LogP contribution in [0.2, 0.25) is 0 Å². The summed E-state index contributed by atoms with van der Waals surface area (Å²) in [6.45, 7) is 6.97. The molecule has 25 heavy (non-hydrogen) atoms. The van der Waals surface area contributed by atoms with E-state index in [-0.39, 0.29) is 18.4 Å². The summed E-state index contributed by atoms with van der Waals surface area (Å²) >= 11 is 0. The molecule has 1 aliphatic carbocycles. The molecule has 0 aromatic rings. The van der Waals surface area contributed by atoms with Crippen molar-refractivity contribution >= 4 is 11.8 Å². The lowest BCUT2D eigenvalue weighted by molar-refractivity contribution is -0.136. The molecular weight excluding hydrogens is 316 g/mol. The van der Waals surface area contributed by atoms with Gasteiger partial charge in [0.15, 0.2) is 0 Å². The number of carbonyl (C=O) groups is 2. The highest BCUT2D eigenvalue weighted by Gasteiger charge is 2.46. The largest absolute Gasteiger partial charge is 0.369 e. The lowest BCUT2D eigenvalue weighted by Gasteiger charge is -2.44. The SMILES string of the molecule is CC1CCC(N(C(=O)[CH]CC(C)(C)C(N)=O)C2(C#N)CCNC2)CC1. The van der Waals surface area contributed by atoms with Crippen molar-refractivity contribution in [3.8, 4) is 6.07 Å². The minimum absolute atomic E-state index is 0.0937. The maximum absolute atomic E-state index is 13.1. The number of amides is 2. The molecular formula is C19H31N4O2. The van der Waals surface area contributed by atoms with Gasteiger partial charge in [0, 0.05) is 18.0 Å². The van der Waals surface area contributed by atoms with E-state index in [1.54, 1.807) is 20.3 Å². The molecule has 139 valence electrons. The van der Waals surface area contributed by atoms with Gasteiger partial charge < -0.3 is 16.0 Å². The summed E-state index contributed by atoms with van der Waals surface area (Å²) in [7, 11) is 0. The number of nitrogens with two attached hydrogens (primary N) is 1. The highest BCUT2D eigenvalue weighted by Crippen LogP contribution is 2.35. The Morgan fingerprint density at radius 3 is 2.48 bits per heavy atom. The van der Waals surface area contributed by atoms with E-state index in [0.717, 1.165) is 32.2 Å². The lowest BCUT2D eigenvalue weighted by Crippen LogP contribution is -2.58. The standard InChI is InChI=1S/C19H31N4O2/c1-14-4-6-15(7-5-14)23(19(12-20)10-11-22-13-19)16(24)8-9-18(2,3)17(21)25/h8,14-15,22H,4-7,9-11,13H2,1-3H3,(H2,21,25). The zero-order chi connectivity index (χ0) is 18.7. The predicted molar refractivity (Wildman–Crippen MR) is 96.0 cm³/mol. The Morgan fingerprint density at radius 2 is 2.00 bits per heavy atom. The van der Waals surface area contributed by atoms with Crippen molar-refractivity contribution in [1.29, 1.82) is 5.26 Å². The molecule has 0 spiro atoms. The first-order valence-electron chi connectivity index (χ1n) is 9.30. The monoisotopic (exact) mass is 347 g/mol. The van der Waals surface area contributed by atoms with E-state index >= 15 is 0 Å². The number of hydrogen-bond acceptors (Lipinski definition) is 4. The smallest absolute Gasteiger partial charge is 0.228 e. The van der Waals surface area contributed by atoms with E-state index in [0.29, 0.717) is 18.9 Å². The molecule has 0 aromatic carbocycles. The van der Waals surface area contributed by atoms with Crippen molar-refractivity contribution in [3.05, 3.63) is 6.42 Å². The molecule has 1 atom stereocenters. The molecule has 6 nitrogen and oxygen atoms in total. The first-order chi connectivity index (χ1) is 11.7. The average molecular weight is 347 g/mol. The van der Waals surface area contributed by atoms with Gasteiger partial charge in [0.05, 0.1) is 12.5 Å². The predicted octanol–water partition coefficient (Wildman–Crippen LogP) is 1.76. The van der Waals surface area contributed by atoms with Gasteiger partial charge >= 0.3 is 0 Å². The van der Waals surface area contributed by atoms with Gasteiger partial charge in [-0.25, -0.2) is 0 Å². The van der Waals surface area contributed by atoms with Crippen LogP contribution in [0.5, 0.6) is 0 Å². The Kier molecular flexibility index (Phi) is 6.10. The second-order valence-electron chi connectivity index (χ2n) is 8.35. The maximum atomic E-state index is 13.1. The molecule has 2 fully saturated rings. The number of rotatable bonds is 6. The maximum Gasteiger partial charge on any atom is 0.228 e. The van der Waals surface area contributed by atoms with Gasteiger partial charge in [-0.2, -0.15) is 5.26 Å². The van der Waals surface area contributed by atoms with Crippen LogP contribution in [0.25, 0.3) is 0 Å². The number of nitrogens with one attached hydrogen (secondary N) is 1. The van der Waals surface area contributed by atoms with Crippen molar-refractivity contribution in [2.24, 2.45) is 17.1 Å². The molecule has 1 saturated carbocycles. The summed E-state index contributed by atoms with van der Waals surface area (Å²) in [6.07, 6.45) is 6.52. The number of primary amides is 1. The van der Waals surface area contributed by atoms with Crippen LogP contribution in [-0.4, -0.2) is 41.4 Å². The molecule has 2 aliphatic rings. The zero-order valence-electron chi connectivity index (χ0n) is 15.7. The Labute approximate surface area is 151 Å². The second kappa shape index (κ2) is 7.74. The van der Waals surface area contributed by atoms with Crippen LogP contribution in [0.15, 0.2) is 0 Å². The molecule has 1 saturated heterocycles.